The number of phosphoric acid groups is 1. The molecule has 0 aliphatic rings. The van der Waals surface area contributed by atoms with Gasteiger partial charge in [-0.25, -0.2) is 4.57 Å². The summed E-state index contributed by atoms with van der Waals surface area (Å²) in [6.45, 7) is 4.40. The van der Waals surface area contributed by atoms with Gasteiger partial charge in [0.1, 0.15) is 19.8 Å². The van der Waals surface area contributed by atoms with Crippen LogP contribution in [-0.2, 0) is 32.7 Å². The van der Waals surface area contributed by atoms with Crippen LogP contribution in [0.1, 0.15) is 206 Å². The molecule has 0 saturated carbocycles. The summed E-state index contributed by atoms with van der Waals surface area (Å²) in [7, 11) is 1.47. The van der Waals surface area contributed by atoms with Gasteiger partial charge in [-0.15, -0.1) is 0 Å². The molecule has 0 spiro atoms. The van der Waals surface area contributed by atoms with Crippen molar-refractivity contribution < 1.29 is 42.1 Å². The number of ether oxygens (including phenoxy) is 2. The van der Waals surface area contributed by atoms with Crippen molar-refractivity contribution in [2.45, 2.75) is 213 Å². The Morgan fingerprint density at radius 3 is 1.34 bits per heavy atom. The Labute approximate surface area is 345 Å². The number of likely N-dealkylation sites (N-methyl/N-ethyl adjacent to an activating group) is 1. The molecule has 0 fully saturated rings. The lowest BCUT2D eigenvalue weighted by Gasteiger charge is -2.24. The number of hydrogen-bond acceptors (Lipinski definition) is 7. The second-order valence-corrected chi connectivity index (χ2v) is 18.2. The molecule has 0 aliphatic heterocycles. The van der Waals surface area contributed by atoms with Crippen LogP contribution in [0.2, 0.25) is 0 Å². The van der Waals surface area contributed by atoms with Crippen LogP contribution in [0.4, 0.5) is 0 Å². The van der Waals surface area contributed by atoms with E-state index in [1.165, 1.54) is 122 Å². The zero-order chi connectivity index (χ0) is 41.4. The minimum absolute atomic E-state index is 0.0311. The first-order chi connectivity index (χ1) is 27.0. The first-order valence-electron chi connectivity index (χ1n) is 23.1. The Kier molecular flexibility index (Phi) is 37.9. The van der Waals surface area contributed by atoms with Crippen molar-refractivity contribution in [2.24, 2.45) is 0 Å². The molecular weight excluding hydrogens is 725 g/mol. The Morgan fingerprint density at radius 1 is 0.536 bits per heavy atom. The molecule has 0 aromatic rings. The van der Waals surface area contributed by atoms with Crippen LogP contribution in [-0.4, -0.2) is 74.9 Å². The number of allylic oxidation sites excluding steroid dienone is 4. The quantitative estimate of drug-likeness (QED) is 0.0213. The van der Waals surface area contributed by atoms with Gasteiger partial charge in [0.05, 0.1) is 27.7 Å². The lowest BCUT2D eigenvalue weighted by atomic mass is 10.1. The molecule has 2 atom stereocenters. The second-order valence-electron chi connectivity index (χ2n) is 16.8. The molecule has 1 N–H and O–H groups in total. The molecule has 0 rings (SSSR count). The van der Waals surface area contributed by atoms with Gasteiger partial charge in [0, 0.05) is 12.8 Å². The lowest BCUT2D eigenvalue weighted by molar-refractivity contribution is -0.870. The number of carbonyl (C=O) groups is 2. The summed E-state index contributed by atoms with van der Waals surface area (Å²) in [4.78, 5) is 35.4. The van der Waals surface area contributed by atoms with Crippen LogP contribution in [0.5, 0.6) is 0 Å². The molecule has 0 aromatic heterocycles. The maximum Gasteiger partial charge on any atom is 0.472 e. The van der Waals surface area contributed by atoms with Crippen LogP contribution in [0, 0.1) is 0 Å². The molecule has 0 aliphatic carbocycles. The fourth-order valence-electron chi connectivity index (χ4n) is 6.30. The predicted octanol–water partition coefficient (Wildman–Crippen LogP) is 13.1. The number of quaternary nitrogens is 1. The normalized spacial score (nSPS) is 13.8. The second kappa shape index (κ2) is 39.0. The molecule has 1 unspecified atom stereocenters. The van der Waals surface area contributed by atoms with E-state index in [9.17, 15) is 19.0 Å². The first-order valence-corrected chi connectivity index (χ1v) is 24.6. The molecule has 0 heterocycles. The van der Waals surface area contributed by atoms with Gasteiger partial charge in [-0.1, -0.05) is 154 Å². The zero-order valence-electron chi connectivity index (χ0n) is 37.1. The Balaban J connectivity index is 4.29. The van der Waals surface area contributed by atoms with Crippen molar-refractivity contribution >= 4 is 19.8 Å². The Morgan fingerprint density at radius 2 is 0.911 bits per heavy atom. The van der Waals surface area contributed by atoms with Gasteiger partial charge in [0.25, 0.3) is 0 Å². The van der Waals surface area contributed by atoms with E-state index < -0.39 is 26.5 Å². The van der Waals surface area contributed by atoms with Crippen LogP contribution < -0.4 is 0 Å². The average Bonchev–Trinajstić information content (AvgIpc) is 3.15. The number of phosphoric ester groups is 1. The number of esters is 2. The van der Waals surface area contributed by atoms with E-state index in [-0.39, 0.29) is 32.0 Å². The number of nitrogens with zero attached hydrogens (tertiary/aromatic N) is 1. The summed E-state index contributed by atoms with van der Waals surface area (Å²) in [6.07, 6.45) is 42.2. The number of rotatable bonds is 42. The molecule has 0 bridgehead atoms. The summed E-state index contributed by atoms with van der Waals surface area (Å²) in [5, 5.41) is 0. The van der Waals surface area contributed by atoms with Gasteiger partial charge in [-0.05, 0) is 64.2 Å². The predicted molar refractivity (Wildman–Crippen MR) is 234 cm³/mol. The summed E-state index contributed by atoms with van der Waals surface area (Å²) in [6, 6.07) is 0. The molecule has 0 radical (unpaired) electrons. The van der Waals surface area contributed by atoms with Crippen molar-refractivity contribution in [1.82, 2.24) is 0 Å². The standard InChI is InChI=1S/C46H88NO8P/c1-6-8-10-12-14-16-18-20-21-22-23-24-25-27-28-30-32-34-36-38-45(48)52-42-44(43-54-56(50,51)53-41-40-47(3,4)5)55-46(49)39-37-35-33-31-29-26-19-17-15-13-11-9-7-2/h17,19-21,44H,6-16,18,22-43H2,1-5H3/p+1/b19-17+,21-20+/t44-/m0/s1. The molecule has 0 aromatic carbocycles. The Bertz CT molecular complexity index is 1010. The third kappa shape index (κ3) is 42.1. The van der Waals surface area contributed by atoms with Gasteiger partial charge < -0.3 is 18.9 Å². The average molecular weight is 815 g/mol. The molecular formula is C46H89NO8P+. The highest BCUT2D eigenvalue weighted by atomic mass is 31.2. The van der Waals surface area contributed by atoms with Crippen LogP contribution in [0.15, 0.2) is 24.3 Å². The molecule has 0 saturated heterocycles. The van der Waals surface area contributed by atoms with E-state index in [1.54, 1.807) is 0 Å². The molecule has 56 heavy (non-hydrogen) atoms. The first kappa shape index (κ1) is 54.5. The van der Waals surface area contributed by atoms with Crippen molar-refractivity contribution in [3.63, 3.8) is 0 Å². The monoisotopic (exact) mass is 815 g/mol. The van der Waals surface area contributed by atoms with Gasteiger partial charge in [-0.2, -0.15) is 0 Å². The topological polar surface area (TPSA) is 108 Å². The van der Waals surface area contributed by atoms with Gasteiger partial charge in [0.2, 0.25) is 0 Å². The molecule has 330 valence electrons. The third-order valence-electron chi connectivity index (χ3n) is 9.95. The zero-order valence-corrected chi connectivity index (χ0v) is 38.0. The van der Waals surface area contributed by atoms with Crippen LogP contribution in [0.25, 0.3) is 0 Å². The lowest BCUT2D eigenvalue weighted by Crippen LogP contribution is -2.37. The summed E-state index contributed by atoms with van der Waals surface area (Å²) >= 11 is 0. The summed E-state index contributed by atoms with van der Waals surface area (Å²) in [5.74, 6) is -0.806. The smallest absolute Gasteiger partial charge is 0.462 e. The summed E-state index contributed by atoms with van der Waals surface area (Å²) < 4.78 is 34.3. The van der Waals surface area contributed by atoms with Crippen LogP contribution >= 0.6 is 7.82 Å². The maximum absolute atomic E-state index is 12.7. The minimum atomic E-state index is -4.37. The third-order valence-corrected chi connectivity index (χ3v) is 10.9. The van der Waals surface area contributed by atoms with E-state index in [1.807, 2.05) is 21.1 Å². The highest BCUT2D eigenvalue weighted by molar-refractivity contribution is 7.47. The van der Waals surface area contributed by atoms with E-state index in [0.717, 1.165) is 51.4 Å². The van der Waals surface area contributed by atoms with Crippen molar-refractivity contribution in [3.05, 3.63) is 24.3 Å². The van der Waals surface area contributed by atoms with Crippen molar-refractivity contribution in [2.75, 3.05) is 47.5 Å². The highest BCUT2D eigenvalue weighted by Gasteiger charge is 2.27. The van der Waals surface area contributed by atoms with Crippen molar-refractivity contribution in [3.8, 4) is 0 Å². The maximum atomic E-state index is 12.7. The number of hydrogen-bond donors (Lipinski definition) is 1. The van der Waals surface area contributed by atoms with Gasteiger partial charge in [0.15, 0.2) is 6.10 Å². The molecule has 10 heteroatoms. The summed E-state index contributed by atoms with van der Waals surface area (Å²) in [5.41, 5.74) is 0. The van der Waals surface area contributed by atoms with Crippen molar-refractivity contribution in [1.29, 1.82) is 0 Å². The van der Waals surface area contributed by atoms with E-state index in [4.69, 9.17) is 18.5 Å². The van der Waals surface area contributed by atoms with E-state index in [0.29, 0.717) is 17.4 Å². The largest absolute Gasteiger partial charge is 0.472 e. The van der Waals surface area contributed by atoms with Gasteiger partial charge in [-0.3, -0.25) is 18.6 Å². The number of carbonyl (C=O) groups excluding carboxylic acids is 2. The molecule has 9 nitrogen and oxygen atoms in total. The Hall–Kier alpha value is -1.51. The van der Waals surface area contributed by atoms with Gasteiger partial charge >= 0.3 is 19.8 Å². The fourth-order valence-corrected chi connectivity index (χ4v) is 7.04. The fraction of sp³-hybridized carbons (Fsp3) is 0.870. The highest BCUT2D eigenvalue weighted by Crippen LogP contribution is 2.43. The van der Waals surface area contributed by atoms with E-state index in [2.05, 4.69) is 38.2 Å². The SMILES string of the molecule is CCCCCC/C=C/CCCCCCCC(=O)O[C@@H](COC(=O)CCCCCCCCCCC/C=C/CCCCCCCC)COP(=O)(O)OCC[N+](C)(C)C. The van der Waals surface area contributed by atoms with Crippen LogP contribution in [0.3, 0.4) is 0 Å². The minimum Gasteiger partial charge on any atom is -0.462 e. The number of unbranched alkanes of at least 4 members (excludes halogenated alkanes) is 24. The molecule has 0 amide bonds. The van der Waals surface area contributed by atoms with E-state index >= 15 is 0 Å².